The van der Waals surface area contributed by atoms with Crippen LogP contribution in [0.15, 0.2) is 0 Å². The van der Waals surface area contributed by atoms with Crippen LogP contribution in [0.5, 0.6) is 0 Å². The molecule has 0 aromatic rings. The maximum Gasteiger partial charge on any atom is 0.233 e. The molecule has 180 valence electrons. The molecule has 1 rings (SSSR count). The molecule has 1 heterocycles. The number of imide groups is 1. The third-order valence-electron chi connectivity index (χ3n) is 5.24. The summed E-state index contributed by atoms with van der Waals surface area (Å²) in [6, 6.07) is 0. The number of hydrogen-bond donors (Lipinski definition) is 1. The Balaban J connectivity index is 0.00000436. The summed E-state index contributed by atoms with van der Waals surface area (Å²) >= 11 is 0. The number of ether oxygens (including phenoxy) is 1. The van der Waals surface area contributed by atoms with Crippen molar-refractivity contribution in [2.45, 2.75) is 106 Å². The zero-order chi connectivity index (χ0) is 24.4. The summed E-state index contributed by atoms with van der Waals surface area (Å²) in [4.78, 5) is 49.2. The van der Waals surface area contributed by atoms with E-state index < -0.39 is 11.1 Å². The Kier molecular flexibility index (Phi) is 12.2. The summed E-state index contributed by atoms with van der Waals surface area (Å²) in [5.74, 6) is -0.378. The van der Waals surface area contributed by atoms with Gasteiger partial charge in [-0.25, -0.2) is 0 Å². The van der Waals surface area contributed by atoms with Gasteiger partial charge in [-0.05, 0) is 53.4 Å². The SMILES string of the molecule is CC.CC(=O)CC(C)(C)OCCC(C)(C)NC(=O)CCCN1C(=O)CC(C(C)C)C1=O. The Morgan fingerprint density at radius 1 is 1.16 bits per heavy atom. The molecule has 3 amide bonds. The van der Waals surface area contributed by atoms with Crippen molar-refractivity contribution >= 4 is 23.5 Å². The highest BCUT2D eigenvalue weighted by Gasteiger charge is 2.39. The molecular formula is C24H44N2O5. The minimum atomic E-state index is -0.519. The fourth-order valence-electron chi connectivity index (χ4n) is 3.60. The van der Waals surface area contributed by atoms with Crippen LogP contribution in [0.25, 0.3) is 0 Å². The number of ketones is 1. The van der Waals surface area contributed by atoms with Crippen molar-refractivity contribution in [3.05, 3.63) is 0 Å². The van der Waals surface area contributed by atoms with Crippen LogP contribution in [0.3, 0.4) is 0 Å². The molecule has 0 spiro atoms. The summed E-state index contributed by atoms with van der Waals surface area (Å²) in [5.41, 5.74) is -0.972. The van der Waals surface area contributed by atoms with Crippen molar-refractivity contribution in [1.29, 1.82) is 0 Å². The molecule has 7 heteroatoms. The van der Waals surface area contributed by atoms with Crippen LogP contribution in [0.2, 0.25) is 0 Å². The molecular weight excluding hydrogens is 396 g/mol. The molecule has 31 heavy (non-hydrogen) atoms. The fourth-order valence-corrected chi connectivity index (χ4v) is 3.60. The lowest BCUT2D eigenvalue weighted by Gasteiger charge is -2.30. The first-order valence-electron chi connectivity index (χ1n) is 11.5. The van der Waals surface area contributed by atoms with E-state index in [2.05, 4.69) is 5.32 Å². The van der Waals surface area contributed by atoms with Gasteiger partial charge in [0.15, 0.2) is 0 Å². The normalized spacial score (nSPS) is 17.0. The topological polar surface area (TPSA) is 92.8 Å². The Bertz CT molecular complexity index is 625. The first-order valence-corrected chi connectivity index (χ1v) is 11.5. The minimum absolute atomic E-state index is 0.0808. The summed E-state index contributed by atoms with van der Waals surface area (Å²) in [6.07, 6.45) is 1.94. The number of amides is 3. The first-order chi connectivity index (χ1) is 14.2. The summed E-state index contributed by atoms with van der Waals surface area (Å²) < 4.78 is 5.81. The molecule has 1 aliphatic rings. The molecule has 1 N–H and O–H groups in total. The third-order valence-corrected chi connectivity index (χ3v) is 5.24. The second-order valence-corrected chi connectivity index (χ2v) is 9.71. The van der Waals surface area contributed by atoms with E-state index in [0.29, 0.717) is 25.9 Å². The molecule has 0 aromatic carbocycles. The molecule has 1 unspecified atom stereocenters. The maximum atomic E-state index is 12.3. The Morgan fingerprint density at radius 3 is 2.23 bits per heavy atom. The van der Waals surface area contributed by atoms with E-state index >= 15 is 0 Å². The molecule has 1 aliphatic heterocycles. The van der Waals surface area contributed by atoms with Crippen molar-refractivity contribution in [2.24, 2.45) is 11.8 Å². The number of nitrogens with zero attached hydrogens (tertiary/aromatic N) is 1. The summed E-state index contributed by atoms with van der Waals surface area (Å²) in [6.45, 7) is 17.8. The van der Waals surface area contributed by atoms with Crippen molar-refractivity contribution in [3.63, 3.8) is 0 Å². The predicted molar refractivity (Wildman–Crippen MR) is 122 cm³/mol. The molecule has 7 nitrogen and oxygen atoms in total. The highest BCUT2D eigenvalue weighted by atomic mass is 16.5. The number of likely N-dealkylation sites (tertiary alicyclic amines) is 1. The minimum Gasteiger partial charge on any atom is -0.375 e. The van der Waals surface area contributed by atoms with Crippen molar-refractivity contribution in [1.82, 2.24) is 10.2 Å². The van der Waals surface area contributed by atoms with Crippen molar-refractivity contribution in [3.8, 4) is 0 Å². The number of nitrogens with one attached hydrogen (secondary N) is 1. The predicted octanol–water partition coefficient (Wildman–Crippen LogP) is 3.88. The zero-order valence-electron chi connectivity index (χ0n) is 21.1. The maximum absolute atomic E-state index is 12.3. The van der Waals surface area contributed by atoms with Crippen LogP contribution in [0, 0.1) is 11.8 Å². The van der Waals surface area contributed by atoms with E-state index in [9.17, 15) is 19.2 Å². The van der Waals surface area contributed by atoms with Crippen LogP contribution >= 0.6 is 0 Å². The number of carbonyl (C=O) groups excluding carboxylic acids is 4. The van der Waals surface area contributed by atoms with Gasteiger partial charge in [-0.3, -0.25) is 24.1 Å². The largest absolute Gasteiger partial charge is 0.375 e. The number of carbonyl (C=O) groups is 4. The van der Waals surface area contributed by atoms with Gasteiger partial charge in [0, 0.05) is 43.9 Å². The summed E-state index contributed by atoms with van der Waals surface area (Å²) in [7, 11) is 0. The highest BCUT2D eigenvalue weighted by Crippen LogP contribution is 2.26. The average Bonchev–Trinajstić information content (AvgIpc) is 2.89. The van der Waals surface area contributed by atoms with Gasteiger partial charge in [-0.1, -0.05) is 27.7 Å². The Morgan fingerprint density at radius 2 is 1.74 bits per heavy atom. The zero-order valence-corrected chi connectivity index (χ0v) is 21.1. The molecule has 1 atom stereocenters. The van der Waals surface area contributed by atoms with Crippen LogP contribution < -0.4 is 5.32 Å². The van der Waals surface area contributed by atoms with E-state index in [1.807, 2.05) is 55.4 Å². The van der Waals surface area contributed by atoms with E-state index in [1.54, 1.807) is 6.92 Å². The van der Waals surface area contributed by atoms with E-state index in [1.165, 1.54) is 4.90 Å². The van der Waals surface area contributed by atoms with E-state index in [-0.39, 0.29) is 54.7 Å². The Hall–Kier alpha value is -1.76. The molecule has 0 radical (unpaired) electrons. The number of hydrogen-bond acceptors (Lipinski definition) is 5. The van der Waals surface area contributed by atoms with Gasteiger partial charge in [-0.2, -0.15) is 0 Å². The standard InChI is InChI=1S/C22H38N2O5.C2H6/c1-15(2)17-13-19(27)24(20(17)28)11-8-9-18(26)23-21(4,5)10-12-29-22(6,7)14-16(3)25;1-2/h15,17H,8-14H2,1-7H3,(H,23,26);1-2H3. The highest BCUT2D eigenvalue weighted by molar-refractivity contribution is 6.03. The van der Waals surface area contributed by atoms with E-state index in [4.69, 9.17) is 4.74 Å². The van der Waals surface area contributed by atoms with Gasteiger partial charge >= 0.3 is 0 Å². The molecule has 0 bridgehead atoms. The lowest BCUT2D eigenvalue weighted by atomic mass is 9.94. The molecule has 0 saturated carbocycles. The van der Waals surface area contributed by atoms with Gasteiger partial charge < -0.3 is 10.1 Å². The fraction of sp³-hybridized carbons (Fsp3) is 0.833. The van der Waals surface area contributed by atoms with E-state index in [0.717, 1.165) is 0 Å². The van der Waals surface area contributed by atoms with Crippen molar-refractivity contribution in [2.75, 3.05) is 13.2 Å². The first kappa shape index (κ1) is 29.2. The van der Waals surface area contributed by atoms with Gasteiger partial charge in [0.1, 0.15) is 5.78 Å². The van der Waals surface area contributed by atoms with Crippen molar-refractivity contribution < 1.29 is 23.9 Å². The molecule has 0 aromatic heterocycles. The molecule has 1 saturated heterocycles. The number of Topliss-reactive ketones (excluding diaryl/α,β-unsaturated/α-hetero) is 1. The lowest BCUT2D eigenvalue weighted by Crippen LogP contribution is -2.45. The van der Waals surface area contributed by atoms with Crippen LogP contribution in [-0.2, 0) is 23.9 Å². The Labute approximate surface area is 188 Å². The van der Waals surface area contributed by atoms with Crippen LogP contribution in [0.4, 0.5) is 0 Å². The van der Waals surface area contributed by atoms with Gasteiger partial charge in [0.25, 0.3) is 0 Å². The lowest BCUT2D eigenvalue weighted by molar-refractivity contribution is -0.140. The second-order valence-electron chi connectivity index (χ2n) is 9.71. The van der Waals surface area contributed by atoms with Crippen LogP contribution in [0.1, 0.15) is 94.4 Å². The van der Waals surface area contributed by atoms with Gasteiger partial charge in [-0.15, -0.1) is 0 Å². The summed E-state index contributed by atoms with van der Waals surface area (Å²) in [5, 5.41) is 2.98. The quantitative estimate of drug-likeness (QED) is 0.465. The average molecular weight is 441 g/mol. The number of rotatable bonds is 12. The monoisotopic (exact) mass is 440 g/mol. The second kappa shape index (κ2) is 12.9. The molecule has 0 aliphatic carbocycles. The van der Waals surface area contributed by atoms with Crippen LogP contribution in [-0.4, -0.2) is 52.7 Å². The smallest absolute Gasteiger partial charge is 0.233 e. The van der Waals surface area contributed by atoms with Gasteiger partial charge in [0.05, 0.1) is 5.60 Å². The third kappa shape index (κ3) is 10.9. The molecule has 1 fully saturated rings. The van der Waals surface area contributed by atoms with Gasteiger partial charge in [0.2, 0.25) is 17.7 Å².